The Kier molecular flexibility index (Phi) is 3.74. The molecule has 0 radical (unpaired) electrons. The lowest BCUT2D eigenvalue weighted by molar-refractivity contribution is -0.276. The maximum atomic E-state index is 12.5. The molecule has 0 amide bonds. The summed E-state index contributed by atoms with van der Waals surface area (Å²) in [7, 11) is 0. The van der Waals surface area contributed by atoms with Gasteiger partial charge in [-0.15, -0.1) is 13.2 Å². The van der Waals surface area contributed by atoms with E-state index in [-0.39, 0.29) is 5.56 Å². The number of aromatic nitrogens is 1. The lowest BCUT2D eigenvalue weighted by atomic mass is 10.2. The second-order valence-corrected chi connectivity index (χ2v) is 3.83. The van der Waals surface area contributed by atoms with Crippen molar-refractivity contribution in [3.63, 3.8) is 0 Å². The van der Waals surface area contributed by atoms with Crippen LogP contribution in [0.1, 0.15) is 11.1 Å². The number of ether oxygens (including phenoxy) is 1. The molecule has 2 nitrogen and oxygen atoms in total. The Morgan fingerprint density at radius 3 is 2.53 bits per heavy atom. The minimum atomic E-state index is -4.85. The molecule has 0 N–H and O–H groups in total. The van der Waals surface area contributed by atoms with Crippen molar-refractivity contribution >= 4 is 22.6 Å². The Bertz CT molecular complexity index is 366. The minimum Gasteiger partial charge on any atom is -0.387 e. The van der Waals surface area contributed by atoms with Crippen LogP contribution in [0, 0.1) is 10.6 Å². The largest absolute Gasteiger partial charge is 0.574 e. The van der Waals surface area contributed by atoms with E-state index in [1.807, 2.05) is 0 Å². The van der Waals surface area contributed by atoms with Gasteiger partial charge in [-0.1, -0.05) is 0 Å². The molecule has 0 bridgehead atoms. The average molecular weight is 335 g/mol. The monoisotopic (exact) mass is 335 g/mol. The van der Waals surface area contributed by atoms with Crippen molar-refractivity contribution in [3.05, 3.63) is 20.9 Å². The molecule has 1 rings (SSSR count). The summed E-state index contributed by atoms with van der Waals surface area (Å²) in [5, 5.41) is 0. The molecule has 84 valence electrons. The van der Waals surface area contributed by atoms with Crippen LogP contribution in [0.2, 0.25) is 0 Å². The summed E-state index contributed by atoms with van der Waals surface area (Å²) in [5.74, 6) is -0.714. The van der Waals surface area contributed by atoms with Gasteiger partial charge in [0.25, 0.3) is 0 Å². The fourth-order valence-electron chi connectivity index (χ4n) is 0.988. The van der Waals surface area contributed by atoms with Crippen molar-refractivity contribution in [2.75, 3.05) is 0 Å². The molecule has 0 aliphatic heterocycles. The standard InChI is InChI=1S/C8H6F4INO/c1-4-2-6(13)14-7(5(4)3-9)15-8(10,11)12/h2H,3H2,1H3. The van der Waals surface area contributed by atoms with Gasteiger partial charge in [-0.3, -0.25) is 0 Å². The zero-order chi connectivity index (χ0) is 11.6. The summed E-state index contributed by atoms with van der Waals surface area (Å²) in [6, 6.07) is 1.48. The normalized spacial score (nSPS) is 11.6. The molecule has 1 aromatic rings. The predicted octanol–water partition coefficient (Wildman–Crippen LogP) is 3.36. The third kappa shape index (κ3) is 3.47. The van der Waals surface area contributed by atoms with Crippen LogP contribution in [0.5, 0.6) is 5.88 Å². The second-order valence-electron chi connectivity index (χ2n) is 2.73. The summed E-state index contributed by atoms with van der Waals surface area (Å²) >= 11 is 1.73. The second kappa shape index (κ2) is 4.50. The summed E-state index contributed by atoms with van der Waals surface area (Å²) < 4.78 is 52.2. The molecule has 7 heteroatoms. The number of nitrogens with zero attached hydrogens (tertiary/aromatic N) is 1. The first kappa shape index (κ1) is 12.5. The van der Waals surface area contributed by atoms with Crippen molar-refractivity contribution in [1.82, 2.24) is 4.98 Å². The van der Waals surface area contributed by atoms with Crippen LogP contribution in [0.15, 0.2) is 6.07 Å². The van der Waals surface area contributed by atoms with Crippen molar-refractivity contribution in [2.24, 2.45) is 0 Å². The number of hydrogen-bond acceptors (Lipinski definition) is 2. The van der Waals surface area contributed by atoms with E-state index in [0.717, 1.165) is 0 Å². The molecule has 1 aromatic heterocycles. The van der Waals surface area contributed by atoms with Gasteiger partial charge in [0.15, 0.2) is 0 Å². The van der Waals surface area contributed by atoms with Crippen molar-refractivity contribution in [2.45, 2.75) is 20.0 Å². The highest BCUT2D eigenvalue weighted by Crippen LogP contribution is 2.28. The third-order valence-corrected chi connectivity index (χ3v) is 2.18. The predicted molar refractivity (Wildman–Crippen MR) is 53.2 cm³/mol. The van der Waals surface area contributed by atoms with Crippen molar-refractivity contribution < 1.29 is 22.3 Å². The molecule has 0 atom stereocenters. The SMILES string of the molecule is Cc1cc(I)nc(OC(F)(F)F)c1CF. The van der Waals surface area contributed by atoms with Gasteiger partial charge in [0.2, 0.25) is 5.88 Å². The molecule has 0 aliphatic carbocycles. The zero-order valence-electron chi connectivity index (χ0n) is 7.53. The van der Waals surface area contributed by atoms with Crippen LogP contribution in [0.4, 0.5) is 17.6 Å². The molecule has 0 spiro atoms. The van der Waals surface area contributed by atoms with Gasteiger partial charge >= 0.3 is 6.36 Å². The van der Waals surface area contributed by atoms with Gasteiger partial charge in [-0.25, -0.2) is 9.37 Å². The fourth-order valence-corrected chi connectivity index (χ4v) is 1.67. The van der Waals surface area contributed by atoms with Crippen LogP contribution >= 0.6 is 22.6 Å². The van der Waals surface area contributed by atoms with Gasteiger partial charge in [-0.05, 0) is 41.1 Å². The van der Waals surface area contributed by atoms with E-state index in [1.54, 1.807) is 22.6 Å². The quantitative estimate of drug-likeness (QED) is 0.470. The highest BCUT2D eigenvalue weighted by molar-refractivity contribution is 14.1. The molecule has 0 unspecified atom stereocenters. The van der Waals surface area contributed by atoms with Crippen LogP contribution in [0.3, 0.4) is 0 Å². The molecule has 1 heterocycles. The summed E-state index contributed by atoms with van der Waals surface area (Å²) in [6.45, 7) is 0.461. The third-order valence-electron chi connectivity index (χ3n) is 1.62. The van der Waals surface area contributed by atoms with Crippen molar-refractivity contribution in [3.8, 4) is 5.88 Å². The number of hydrogen-bond donors (Lipinski definition) is 0. The Morgan fingerprint density at radius 1 is 1.47 bits per heavy atom. The van der Waals surface area contributed by atoms with Gasteiger partial charge in [0.05, 0.1) is 0 Å². The Balaban J connectivity index is 3.15. The molecule has 0 saturated heterocycles. The first-order valence-electron chi connectivity index (χ1n) is 3.81. The molecule has 0 aromatic carbocycles. The number of rotatable bonds is 2. The molecular formula is C8H6F4INO. The number of halogens is 5. The van der Waals surface area contributed by atoms with Gasteiger partial charge in [-0.2, -0.15) is 0 Å². The number of aryl methyl sites for hydroxylation is 1. The smallest absolute Gasteiger partial charge is 0.387 e. The first-order valence-corrected chi connectivity index (χ1v) is 4.89. The first-order chi connectivity index (χ1) is 6.83. The van der Waals surface area contributed by atoms with E-state index >= 15 is 0 Å². The van der Waals surface area contributed by atoms with Gasteiger partial charge < -0.3 is 4.74 Å². The fraction of sp³-hybridized carbons (Fsp3) is 0.375. The maximum Gasteiger partial charge on any atom is 0.574 e. The highest BCUT2D eigenvalue weighted by atomic mass is 127. The van der Waals surface area contributed by atoms with E-state index in [0.29, 0.717) is 9.26 Å². The summed E-state index contributed by atoms with van der Waals surface area (Å²) in [6.07, 6.45) is -4.85. The van der Waals surface area contributed by atoms with E-state index in [9.17, 15) is 17.6 Å². The van der Waals surface area contributed by atoms with E-state index in [4.69, 9.17) is 0 Å². The van der Waals surface area contributed by atoms with Crippen LogP contribution < -0.4 is 4.74 Å². The van der Waals surface area contributed by atoms with Gasteiger partial charge in [0.1, 0.15) is 10.4 Å². The Labute approximate surface area is 96.8 Å². The lowest BCUT2D eigenvalue weighted by Gasteiger charge is -2.12. The number of pyridine rings is 1. The summed E-state index contributed by atoms with van der Waals surface area (Å²) in [5.41, 5.74) is 0.212. The van der Waals surface area contributed by atoms with E-state index in [2.05, 4.69) is 9.72 Å². The van der Waals surface area contributed by atoms with Crippen molar-refractivity contribution in [1.29, 1.82) is 0 Å². The van der Waals surface area contributed by atoms with Crippen LogP contribution in [0.25, 0.3) is 0 Å². The maximum absolute atomic E-state index is 12.5. The van der Waals surface area contributed by atoms with Gasteiger partial charge in [0, 0.05) is 5.56 Å². The highest BCUT2D eigenvalue weighted by Gasteiger charge is 2.33. The minimum absolute atomic E-state index is 0.173. The Hall–Kier alpha value is -0.600. The lowest BCUT2D eigenvalue weighted by Crippen LogP contribution is -2.19. The number of alkyl halides is 4. The molecule has 0 saturated carbocycles. The zero-order valence-corrected chi connectivity index (χ0v) is 9.69. The summed E-state index contributed by atoms with van der Waals surface area (Å²) in [4.78, 5) is 3.49. The molecule has 0 aliphatic rings. The van der Waals surface area contributed by atoms with E-state index < -0.39 is 18.9 Å². The van der Waals surface area contributed by atoms with Crippen LogP contribution in [-0.2, 0) is 6.67 Å². The molecule has 0 fully saturated rings. The topological polar surface area (TPSA) is 22.1 Å². The Morgan fingerprint density at radius 2 is 2.07 bits per heavy atom. The average Bonchev–Trinajstić information content (AvgIpc) is 1.99. The van der Waals surface area contributed by atoms with E-state index in [1.165, 1.54) is 13.0 Å². The van der Waals surface area contributed by atoms with Crippen LogP contribution in [-0.4, -0.2) is 11.3 Å². The molecular weight excluding hydrogens is 329 g/mol. The molecule has 15 heavy (non-hydrogen) atoms.